The second kappa shape index (κ2) is 10.9. The number of aliphatic hydroxyl groups excluding tert-OH is 1. The fourth-order valence-corrected chi connectivity index (χ4v) is 7.11. The molecular weight excluding hydrogens is 518 g/mol. The van der Waals surface area contributed by atoms with Crippen LogP contribution in [-0.2, 0) is 25.5 Å². The summed E-state index contributed by atoms with van der Waals surface area (Å²) in [5.41, 5.74) is -0.502. The minimum absolute atomic E-state index is 0.207. The van der Waals surface area contributed by atoms with Crippen LogP contribution in [0.4, 0.5) is 5.69 Å². The highest BCUT2D eigenvalue weighted by atomic mass is 35.5. The molecule has 6 atom stereocenters. The van der Waals surface area contributed by atoms with E-state index in [4.69, 9.17) is 16.3 Å². The summed E-state index contributed by atoms with van der Waals surface area (Å²) >= 11 is 6.04. The molecule has 5 rings (SSSR count). The van der Waals surface area contributed by atoms with Crippen molar-refractivity contribution in [3.63, 3.8) is 0 Å². The number of carbonyl (C=O) groups excluding carboxylic acids is 3. The van der Waals surface area contributed by atoms with Gasteiger partial charge in [-0.05, 0) is 61.9 Å². The number of hydrogen-bond donors (Lipinski definition) is 3. The fourth-order valence-electron chi connectivity index (χ4n) is 6.99. The Hall–Kier alpha value is -2.94. The molecule has 0 radical (unpaired) electrons. The van der Waals surface area contributed by atoms with Gasteiger partial charge in [0.15, 0.2) is 0 Å². The number of carbonyl (C=O) groups is 3. The lowest BCUT2D eigenvalue weighted by Gasteiger charge is -2.37. The highest BCUT2D eigenvalue weighted by molar-refractivity contribution is 6.30. The summed E-state index contributed by atoms with van der Waals surface area (Å²) in [7, 11) is 0. The average molecular weight is 554 g/mol. The summed E-state index contributed by atoms with van der Waals surface area (Å²) in [6.07, 6.45) is 2.75. The van der Waals surface area contributed by atoms with E-state index in [-0.39, 0.29) is 18.4 Å². The summed E-state index contributed by atoms with van der Waals surface area (Å²) in [5.74, 6) is -2.44. The lowest BCUT2D eigenvalue weighted by molar-refractivity contribution is -0.149. The largest absolute Gasteiger partial charge is 0.394 e. The molecule has 9 heteroatoms. The van der Waals surface area contributed by atoms with Gasteiger partial charge in [-0.25, -0.2) is 0 Å². The molecule has 2 unspecified atom stereocenters. The standard InChI is InChI=1S/C30H36ClN3O5/c1-3-16-32-26(36)23-24-28(38)34(22(18-35)17-19-8-6-5-7-9-19)25(30(24)15-14-29(23,4-2)39-30)27(37)33-21-12-10-20(31)11-13-21/h5-13,22-25,35H,3-4,14-18H2,1-2H3,(H,32,36)(H,33,37)/t22-,23-,24+,25?,29+,30?/m1/s1. The SMILES string of the molecule is CCCNC(=O)[C@H]1[C@H]2C(=O)N([C@@H](CO)Cc3ccccc3)C(C(=O)Nc3ccc(Cl)cc3)C23CC[C@]1(CC)O3. The zero-order chi connectivity index (χ0) is 27.8. The number of halogens is 1. The lowest BCUT2D eigenvalue weighted by Crippen LogP contribution is -2.57. The van der Waals surface area contributed by atoms with Crippen molar-refractivity contribution in [2.24, 2.45) is 11.8 Å². The molecule has 1 spiro atoms. The van der Waals surface area contributed by atoms with Crippen LogP contribution in [0.5, 0.6) is 0 Å². The van der Waals surface area contributed by atoms with Gasteiger partial charge < -0.3 is 25.4 Å². The Morgan fingerprint density at radius 1 is 1.10 bits per heavy atom. The lowest BCUT2D eigenvalue weighted by atomic mass is 9.65. The number of aliphatic hydroxyl groups is 1. The number of nitrogens with zero attached hydrogens (tertiary/aromatic N) is 1. The van der Waals surface area contributed by atoms with Crippen molar-refractivity contribution < 1.29 is 24.2 Å². The molecule has 8 nitrogen and oxygen atoms in total. The number of nitrogens with one attached hydrogen (secondary N) is 2. The number of anilines is 1. The van der Waals surface area contributed by atoms with Crippen LogP contribution in [0.1, 0.15) is 45.1 Å². The smallest absolute Gasteiger partial charge is 0.250 e. The summed E-state index contributed by atoms with van der Waals surface area (Å²) in [6.45, 7) is 4.11. The molecule has 3 amide bonds. The Kier molecular flexibility index (Phi) is 7.73. The zero-order valence-electron chi connectivity index (χ0n) is 22.4. The van der Waals surface area contributed by atoms with Crippen molar-refractivity contribution >= 4 is 35.0 Å². The Morgan fingerprint density at radius 3 is 2.46 bits per heavy atom. The van der Waals surface area contributed by atoms with Crippen molar-refractivity contribution in [3.8, 4) is 0 Å². The minimum Gasteiger partial charge on any atom is -0.394 e. The summed E-state index contributed by atoms with van der Waals surface area (Å²) in [5, 5.41) is 17.0. The van der Waals surface area contributed by atoms with Gasteiger partial charge in [0.25, 0.3) is 0 Å². The normalized spacial score (nSPS) is 29.8. The Morgan fingerprint density at radius 2 is 1.82 bits per heavy atom. The van der Waals surface area contributed by atoms with E-state index in [2.05, 4.69) is 10.6 Å². The van der Waals surface area contributed by atoms with Gasteiger partial charge >= 0.3 is 0 Å². The Bertz CT molecular complexity index is 1220. The maximum absolute atomic E-state index is 14.4. The molecular formula is C30H36ClN3O5. The molecule has 208 valence electrons. The molecule has 2 aromatic rings. The molecule has 3 saturated heterocycles. The molecule has 3 N–H and O–H groups in total. The molecule has 0 aliphatic carbocycles. The molecule has 0 aromatic heterocycles. The number of ether oxygens (including phenoxy) is 1. The Balaban J connectivity index is 1.57. The number of hydrogen-bond acceptors (Lipinski definition) is 5. The van der Waals surface area contributed by atoms with Gasteiger partial charge in [0.05, 0.1) is 30.1 Å². The van der Waals surface area contributed by atoms with Gasteiger partial charge in [-0.3, -0.25) is 14.4 Å². The van der Waals surface area contributed by atoms with Gasteiger partial charge in [-0.1, -0.05) is 55.8 Å². The number of benzene rings is 2. The zero-order valence-corrected chi connectivity index (χ0v) is 23.1. The Labute approximate surface area is 234 Å². The van der Waals surface area contributed by atoms with E-state index in [0.717, 1.165) is 12.0 Å². The van der Waals surface area contributed by atoms with Crippen LogP contribution in [0.3, 0.4) is 0 Å². The number of fused-ring (bicyclic) bond motifs is 1. The van der Waals surface area contributed by atoms with E-state index < -0.39 is 41.0 Å². The van der Waals surface area contributed by atoms with Crippen molar-refractivity contribution in [2.75, 3.05) is 18.5 Å². The van der Waals surface area contributed by atoms with Crippen LogP contribution in [-0.4, -0.2) is 64.2 Å². The van der Waals surface area contributed by atoms with Gasteiger partial charge in [0.1, 0.15) is 11.6 Å². The quantitative estimate of drug-likeness (QED) is 0.417. The monoisotopic (exact) mass is 553 g/mol. The third-order valence-corrected chi connectivity index (χ3v) is 8.98. The number of amides is 3. The van der Waals surface area contributed by atoms with Crippen molar-refractivity contribution in [1.29, 1.82) is 0 Å². The molecule has 0 saturated carbocycles. The van der Waals surface area contributed by atoms with E-state index in [1.165, 1.54) is 4.90 Å². The van der Waals surface area contributed by atoms with Crippen LogP contribution in [0.15, 0.2) is 54.6 Å². The first kappa shape index (κ1) is 27.6. The second-order valence-corrected chi connectivity index (χ2v) is 11.3. The number of rotatable bonds is 10. The third kappa shape index (κ3) is 4.62. The molecule has 2 aromatic carbocycles. The van der Waals surface area contributed by atoms with Crippen LogP contribution in [0, 0.1) is 11.8 Å². The van der Waals surface area contributed by atoms with Gasteiger partial charge in [0, 0.05) is 17.3 Å². The fraction of sp³-hybridized carbons (Fsp3) is 0.500. The van der Waals surface area contributed by atoms with E-state index >= 15 is 0 Å². The molecule has 3 aliphatic rings. The van der Waals surface area contributed by atoms with E-state index in [9.17, 15) is 19.5 Å². The minimum atomic E-state index is -1.16. The second-order valence-electron chi connectivity index (χ2n) is 10.9. The van der Waals surface area contributed by atoms with Crippen LogP contribution < -0.4 is 10.6 Å². The van der Waals surface area contributed by atoms with E-state index in [0.29, 0.717) is 42.9 Å². The molecule has 2 bridgehead atoms. The van der Waals surface area contributed by atoms with Crippen molar-refractivity contribution in [3.05, 3.63) is 65.2 Å². The van der Waals surface area contributed by atoms with E-state index in [1.807, 2.05) is 44.2 Å². The van der Waals surface area contributed by atoms with E-state index in [1.54, 1.807) is 24.3 Å². The molecule has 39 heavy (non-hydrogen) atoms. The summed E-state index contributed by atoms with van der Waals surface area (Å²) in [6, 6.07) is 14.6. The maximum Gasteiger partial charge on any atom is 0.250 e. The van der Waals surface area contributed by atoms with Gasteiger partial charge in [-0.2, -0.15) is 0 Å². The third-order valence-electron chi connectivity index (χ3n) is 8.73. The van der Waals surface area contributed by atoms with Crippen molar-refractivity contribution in [1.82, 2.24) is 10.2 Å². The summed E-state index contributed by atoms with van der Waals surface area (Å²) < 4.78 is 6.78. The predicted molar refractivity (Wildman–Crippen MR) is 148 cm³/mol. The van der Waals surface area contributed by atoms with Gasteiger partial charge in [0.2, 0.25) is 17.7 Å². The molecule has 3 aliphatic heterocycles. The van der Waals surface area contributed by atoms with Gasteiger partial charge in [-0.15, -0.1) is 0 Å². The average Bonchev–Trinajstić information content (AvgIpc) is 3.55. The first-order valence-electron chi connectivity index (χ1n) is 13.8. The van der Waals surface area contributed by atoms with Crippen molar-refractivity contribution in [2.45, 2.75) is 69.2 Å². The summed E-state index contributed by atoms with van der Waals surface area (Å²) in [4.78, 5) is 43.5. The maximum atomic E-state index is 14.4. The first-order valence-corrected chi connectivity index (χ1v) is 14.2. The molecule has 3 fully saturated rings. The predicted octanol–water partition coefficient (Wildman–Crippen LogP) is 3.56. The number of likely N-dealkylation sites (tertiary alicyclic amines) is 1. The highest BCUT2D eigenvalue weighted by Crippen LogP contribution is 2.64. The molecule has 3 heterocycles. The first-order chi connectivity index (χ1) is 18.8. The topological polar surface area (TPSA) is 108 Å². The van der Waals surface area contributed by atoms with Crippen LogP contribution >= 0.6 is 11.6 Å². The highest BCUT2D eigenvalue weighted by Gasteiger charge is 2.79. The van der Waals surface area contributed by atoms with Crippen LogP contribution in [0.2, 0.25) is 5.02 Å². The van der Waals surface area contributed by atoms with Crippen LogP contribution in [0.25, 0.3) is 0 Å².